The predicted molar refractivity (Wildman–Crippen MR) is 56.9 cm³/mol. The van der Waals surface area contributed by atoms with Gasteiger partial charge in [-0.15, -0.1) is 0 Å². The van der Waals surface area contributed by atoms with Crippen LogP contribution in [0.25, 0.3) is 0 Å². The molecule has 0 saturated carbocycles. The Morgan fingerprint density at radius 3 is 2.39 bits per heavy atom. The summed E-state index contributed by atoms with van der Waals surface area (Å²) in [5.74, 6) is -3.79. The molecule has 1 atom stereocenters. The van der Waals surface area contributed by atoms with Crippen molar-refractivity contribution in [3.63, 3.8) is 0 Å². The number of nitrogens with two attached hydrogens (primary N) is 1. The van der Waals surface area contributed by atoms with Gasteiger partial charge in [-0.3, -0.25) is 4.79 Å². The first-order valence-electron chi connectivity index (χ1n) is 4.13. The average molecular weight is 313 g/mol. The molecule has 3 N–H and O–H groups in total. The van der Waals surface area contributed by atoms with E-state index in [2.05, 4.69) is 4.74 Å². The maximum absolute atomic E-state index is 13.0. The first-order chi connectivity index (χ1) is 8.20. The van der Waals surface area contributed by atoms with Crippen LogP contribution in [0.1, 0.15) is 0 Å². The summed E-state index contributed by atoms with van der Waals surface area (Å²) in [6.45, 7) is -1.83. The molecule has 18 heavy (non-hydrogen) atoms. The zero-order chi connectivity index (χ0) is 14.3. The molecule has 0 amide bonds. The molecule has 0 aromatic carbocycles. The Bertz CT molecular complexity index is 323. The molecule has 0 aromatic rings. The van der Waals surface area contributed by atoms with Gasteiger partial charge in [-0.1, -0.05) is 10.8 Å². The number of hydrogen-bond acceptors (Lipinski definition) is 5. The molecule has 0 bridgehead atoms. The van der Waals surface area contributed by atoms with E-state index in [1.54, 1.807) is 0 Å². The minimum atomic E-state index is -5.17. The second-order valence-electron chi connectivity index (χ2n) is 2.67. The molecule has 11 heteroatoms. The SMILES string of the molecule is N[C@@H](CSS/C(F)=C(\OCF)C(F)(F)F)C(=O)O. The van der Waals surface area contributed by atoms with Gasteiger partial charge in [-0.25, -0.2) is 4.39 Å². The summed E-state index contributed by atoms with van der Waals surface area (Å²) in [5, 5.41) is 6.56. The number of allylic oxidation sites excluding steroid dienone is 1. The fourth-order valence-corrected chi connectivity index (χ4v) is 2.47. The summed E-state index contributed by atoms with van der Waals surface area (Å²) in [6, 6.07) is -1.34. The minimum Gasteiger partial charge on any atom is -0.480 e. The van der Waals surface area contributed by atoms with Crippen molar-refractivity contribution in [2.75, 3.05) is 12.6 Å². The predicted octanol–water partition coefficient (Wildman–Crippen LogP) is 2.42. The molecule has 0 radical (unpaired) electrons. The van der Waals surface area contributed by atoms with Gasteiger partial charge in [0.1, 0.15) is 6.04 Å². The van der Waals surface area contributed by atoms with Crippen LogP contribution < -0.4 is 5.73 Å². The van der Waals surface area contributed by atoms with E-state index in [0.717, 1.165) is 0 Å². The monoisotopic (exact) mass is 313 g/mol. The number of hydrogen-bond donors (Lipinski definition) is 2. The smallest absolute Gasteiger partial charge is 0.452 e. The summed E-state index contributed by atoms with van der Waals surface area (Å²) >= 11 is 0. The van der Waals surface area contributed by atoms with E-state index < -0.39 is 36.0 Å². The summed E-state index contributed by atoms with van der Waals surface area (Å²) in [6.07, 6.45) is -5.17. The highest BCUT2D eigenvalue weighted by Crippen LogP contribution is 2.39. The Balaban J connectivity index is 4.49. The van der Waals surface area contributed by atoms with E-state index in [9.17, 15) is 26.7 Å². The normalized spacial score (nSPS) is 15.0. The van der Waals surface area contributed by atoms with Crippen molar-refractivity contribution in [3.05, 3.63) is 10.9 Å². The Labute approximate surface area is 106 Å². The average Bonchev–Trinajstić information content (AvgIpc) is 2.23. The van der Waals surface area contributed by atoms with Crippen LogP contribution in [0.3, 0.4) is 0 Å². The number of halogens is 5. The van der Waals surface area contributed by atoms with Gasteiger partial charge in [0.25, 0.3) is 0 Å². The number of carboxylic acids is 1. The lowest BCUT2D eigenvalue weighted by Gasteiger charge is -2.11. The van der Waals surface area contributed by atoms with Crippen LogP contribution in [0.15, 0.2) is 10.9 Å². The van der Waals surface area contributed by atoms with Gasteiger partial charge >= 0.3 is 12.1 Å². The number of carboxylic acid groups (broad SMARTS) is 1. The highest BCUT2D eigenvalue weighted by atomic mass is 33.1. The van der Waals surface area contributed by atoms with Gasteiger partial charge < -0.3 is 15.6 Å². The van der Waals surface area contributed by atoms with E-state index in [0.29, 0.717) is 10.8 Å². The lowest BCUT2D eigenvalue weighted by Crippen LogP contribution is -2.32. The standard InChI is InChI=1S/C7H8F5NO3S2/c8-2-16-4(7(10,11)12)5(9)18-17-1-3(13)6(14)15/h3H,1-2,13H2,(H,14,15)/b5-4-/t3-/m0/s1. The zero-order valence-corrected chi connectivity index (χ0v) is 10.2. The van der Waals surface area contributed by atoms with Gasteiger partial charge in [-0.2, -0.15) is 17.6 Å². The van der Waals surface area contributed by atoms with Crippen LogP contribution in [0.4, 0.5) is 22.0 Å². The first kappa shape index (κ1) is 17.3. The molecule has 0 rings (SSSR count). The molecular formula is C7H8F5NO3S2. The Morgan fingerprint density at radius 2 is 2.00 bits per heavy atom. The molecular weight excluding hydrogens is 305 g/mol. The molecule has 0 spiro atoms. The van der Waals surface area contributed by atoms with Crippen LogP contribution >= 0.6 is 21.6 Å². The number of ether oxygens (including phenoxy) is 1. The molecule has 0 aliphatic rings. The topological polar surface area (TPSA) is 72.5 Å². The van der Waals surface area contributed by atoms with Crippen molar-refractivity contribution in [1.82, 2.24) is 0 Å². The van der Waals surface area contributed by atoms with Crippen molar-refractivity contribution in [2.45, 2.75) is 12.2 Å². The summed E-state index contributed by atoms with van der Waals surface area (Å²) < 4.78 is 64.6. The van der Waals surface area contributed by atoms with Crippen LogP contribution in [0, 0.1) is 0 Å². The molecule has 0 fully saturated rings. The van der Waals surface area contributed by atoms with Crippen molar-refractivity contribution in [3.8, 4) is 0 Å². The third kappa shape index (κ3) is 6.31. The molecule has 0 aliphatic carbocycles. The van der Waals surface area contributed by atoms with E-state index in [1.165, 1.54) is 0 Å². The number of rotatable bonds is 7. The maximum atomic E-state index is 13.0. The van der Waals surface area contributed by atoms with E-state index in [-0.39, 0.29) is 16.5 Å². The third-order valence-electron chi connectivity index (χ3n) is 1.33. The van der Waals surface area contributed by atoms with E-state index >= 15 is 0 Å². The Morgan fingerprint density at radius 1 is 1.44 bits per heavy atom. The lowest BCUT2D eigenvalue weighted by molar-refractivity contribution is -0.140. The van der Waals surface area contributed by atoms with Crippen LogP contribution in [-0.4, -0.2) is 35.9 Å². The Kier molecular flexibility index (Phi) is 7.40. The third-order valence-corrected chi connectivity index (χ3v) is 3.48. The molecule has 0 heterocycles. The van der Waals surface area contributed by atoms with Crippen molar-refractivity contribution < 1.29 is 36.6 Å². The molecule has 0 saturated heterocycles. The number of aliphatic carboxylic acids is 1. The quantitative estimate of drug-likeness (QED) is 0.427. The fourth-order valence-electron chi connectivity index (χ4n) is 0.573. The van der Waals surface area contributed by atoms with Crippen molar-refractivity contribution >= 4 is 27.6 Å². The molecule has 106 valence electrons. The van der Waals surface area contributed by atoms with Gasteiger partial charge in [-0.05, 0) is 10.8 Å². The number of carbonyl (C=O) groups is 1. The first-order valence-corrected chi connectivity index (χ1v) is 6.45. The van der Waals surface area contributed by atoms with Gasteiger partial charge in [0.2, 0.25) is 17.8 Å². The largest absolute Gasteiger partial charge is 0.480 e. The van der Waals surface area contributed by atoms with Crippen LogP contribution in [0.5, 0.6) is 0 Å². The lowest BCUT2D eigenvalue weighted by atomic mass is 10.4. The van der Waals surface area contributed by atoms with E-state index in [1.807, 2.05) is 0 Å². The van der Waals surface area contributed by atoms with Crippen molar-refractivity contribution in [1.29, 1.82) is 0 Å². The highest BCUT2D eigenvalue weighted by Gasteiger charge is 2.40. The zero-order valence-electron chi connectivity index (χ0n) is 8.54. The van der Waals surface area contributed by atoms with Gasteiger partial charge in [0.05, 0.1) is 0 Å². The molecule has 0 unspecified atom stereocenters. The second-order valence-corrected chi connectivity index (χ2v) is 4.97. The highest BCUT2D eigenvalue weighted by molar-refractivity contribution is 8.78. The van der Waals surface area contributed by atoms with Crippen LogP contribution in [0.2, 0.25) is 0 Å². The molecule has 0 aromatic heterocycles. The number of alkyl halides is 4. The summed E-state index contributed by atoms with van der Waals surface area (Å²) in [7, 11) is 0.415. The Hall–Kier alpha value is -0.680. The fraction of sp³-hybridized carbons (Fsp3) is 0.571. The van der Waals surface area contributed by atoms with E-state index in [4.69, 9.17) is 10.8 Å². The second kappa shape index (κ2) is 7.69. The maximum Gasteiger partial charge on any atom is 0.452 e. The summed E-state index contributed by atoms with van der Waals surface area (Å²) in [5.41, 5.74) is 5.04. The van der Waals surface area contributed by atoms with Crippen molar-refractivity contribution in [2.24, 2.45) is 5.73 Å². The van der Waals surface area contributed by atoms with Gasteiger partial charge in [0, 0.05) is 5.75 Å². The molecule has 4 nitrogen and oxygen atoms in total. The summed E-state index contributed by atoms with van der Waals surface area (Å²) in [4.78, 5) is 10.3. The molecule has 0 aliphatic heterocycles. The van der Waals surface area contributed by atoms with Crippen LogP contribution in [-0.2, 0) is 9.53 Å². The van der Waals surface area contributed by atoms with Gasteiger partial charge in [0.15, 0.2) is 0 Å². The minimum absolute atomic E-state index is 0.0283.